The quantitative estimate of drug-likeness (QED) is 0.885. The molecule has 0 bridgehead atoms. The molecular weight excluding hydrogens is 236 g/mol. The molecule has 3 heteroatoms. The van der Waals surface area contributed by atoms with Gasteiger partial charge in [0.05, 0.1) is 12.3 Å². The minimum atomic E-state index is 0.620. The number of nitrogens with zero attached hydrogens (tertiary/aromatic N) is 1. The molecule has 0 atom stereocenters. The zero-order valence-electron chi connectivity index (χ0n) is 11.7. The summed E-state index contributed by atoms with van der Waals surface area (Å²) >= 11 is 0. The van der Waals surface area contributed by atoms with Crippen molar-refractivity contribution in [2.45, 2.75) is 27.3 Å². The molecule has 0 saturated carbocycles. The fourth-order valence-corrected chi connectivity index (χ4v) is 1.89. The zero-order chi connectivity index (χ0) is 13.7. The molecule has 2 rings (SSSR count). The first-order valence-electron chi connectivity index (χ1n) is 6.58. The van der Waals surface area contributed by atoms with Crippen LogP contribution in [0.25, 0.3) is 0 Å². The topological polar surface area (TPSA) is 34.1 Å². The maximum absolute atomic E-state index is 5.49. The van der Waals surface area contributed by atoms with Gasteiger partial charge in [-0.05, 0) is 49.6 Å². The first-order chi connectivity index (χ1) is 9.20. The van der Waals surface area contributed by atoms with Crippen LogP contribution in [-0.4, -0.2) is 11.6 Å². The van der Waals surface area contributed by atoms with Crippen molar-refractivity contribution in [2.24, 2.45) is 0 Å². The Morgan fingerprint density at radius 3 is 2.74 bits per heavy atom. The number of aromatic nitrogens is 1. The van der Waals surface area contributed by atoms with Gasteiger partial charge in [-0.25, -0.2) is 4.98 Å². The van der Waals surface area contributed by atoms with Gasteiger partial charge in [0.25, 0.3) is 0 Å². The van der Waals surface area contributed by atoms with E-state index in [1.54, 1.807) is 6.20 Å². The number of hydrogen-bond acceptors (Lipinski definition) is 3. The largest absolute Gasteiger partial charge is 0.476 e. The summed E-state index contributed by atoms with van der Waals surface area (Å²) < 4.78 is 5.49. The van der Waals surface area contributed by atoms with E-state index in [-0.39, 0.29) is 0 Å². The van der Waals surface area contributed by atoms with Gasteiger partial charge >= 0.3 is 0 Å². The highest BCUT2D eigenvalue weighted by atomic mass is 16.5. The van der Waals surface area contributed by atoms with Crippen LogP contribution < -0.4 is 10.1 Å². The van der Waals surface area contributed by atoms with Crippen LogP contribution in [0.5, 0.6) is 5.88 Å². The molecule has 0 radical (unpaired) electrons. The summed E-state index contributed by atoms with van der Waals surface area (Å²) in [6.45, 7) is 7.61. The summed E-state index contributed by atoms with van der Waals surface area (Å²) in [6.07, 6.45) is 1.74. The van der Waals surface area contributed by atoms with Gasteiger partial charge in [0.15, 0.2) is 0 Å². The highest BCUT2D eigenvalue weighted by Gasteiger charge is 2.03. The summed E-state index contributed by atoms with van der Waals surface area (Å²) in [6, 6.07) is 10.4. The molecule has 2 aromatic rings. The van der Waals surface area contributed by atoms with Crippen molar-refractivity contribution in [3.8, 4) is 5.88 Å². The van der Waals surface area contributed by atoms with Crippen LogP contribution in [0, 0.1) is 13.8 Å². The van der Waals surface area contributed by atoms with Gasteiger partial charge in [-0.2, -0.15) is 0 Å². The van der Waals surface area contributed by atoms with Crippen LogP contribution in [-0.2, 0) is 6.54 Å². The van der Waals surface area contributed by atoms with E-state index in [0.29, 0.717) is 12.5 Å². The molecule has 0 saturated heterocycles. The molecule has 0 spiro atoms. The van der Waals surface area contributed by atoms with Crippen LogP contribution in [0.3, 0.4) is 0 Å². The molecule has 0 aliphatic rings. The Bertz CT molecular complexity index is 552. The Hall–Kier alpha value is -2.03. The van der Waals surface area contributed by atoms with Gasteiger partial charge in [-0.15, -0.1) is 0 Å². The van der Waals surface area contributed by atoms with E-state index in [9.17, 15) is 0 Å². The summed E-state index contributed by atoms with van der Waals surface area (Å²) in [4.78, 5) is 4.23. The summed E-state index contributed by atoms with van der Waals surface area (Å²) in [5.41, 5.74) is 4.83. The van der Waals surface area contributed by atoms with Gasteiger partial charge in [0.2, 0.25) is 5.88 Å². The monoisotopic (exact) mass is 256 g/mol. The van der Waals surface area contributed by atoms with E-state index in [1.807, 2.05) is 19.1 Å². The third-order valence-electron chi connectivity index (χ3n) is 3.11. The normalized spacial score (nSPS) is 10.3. The van der Waals surface area contributed by atoms with Crippen LogP contribution in [0.15, 0.2) is 36.5 Å². The van der Waals surface area contributed by atoms with Crippen molar-refractivity contribution >= 4 is 5.69 Å². The van der Waals surface area contributed by atoms with Crippen molar-refractivity contribution in [3.05, 3.63) is 53.2 Å². The van der Waals surface area contributed by atoms with Crippen LogP contribution in [0.1, 0.15) is 23.6 Å². The Kier molecular flexibility index (Phi) is 4.39. The number of pyridine rings is 1. The van der Waals surface area contributed by atoms with Crippen LogP contribution >= 0.6 is 0 Å². The van der Waals surface area contributed by atoms with Crippen LogP contribution in [0.4, 0.5) is 5.69 Å². The van der Waals surface area contributed by atoms with E-state index in [1.165, 1.54) is 16.7 Å². The average Bonchev–Trinajstić information content (AvgIpc) is 2.42. The minimum Gasteiger partial charge on any atom is -0.476 e. The van der Waals surface area contributed by atoms with Crippen molar-refractivity contribution in [2.75, 3.05) is 11.9 Å². The second kappa shape index (κ2) is 6.23. The predicted octanol–water partition coefficient (Wildman–Crippen LogP) is 3.71. The maximum Gasteiger partial charge on any atom is 0.237 e. The Labute approximate surface area is 114 Å². The van der Waals surface area contributed by atoms with E-state index < -0.39 is 0 Å². The molecule has 19 heavy (non-hydrogen) atoms. The molecule has 1 N–H and O–H groups in total. The van der Waals surface area contributed by atoms with E-state index in [2.05, 4.69) is 42.3 Å². The van der Waals surface area contributed by atoms with Crippen molar-refractivity contribution < 1.29 is 4.74 Å². The number of hydrogen-bond donors (Lipinski definition) is 1. The fraction of sp³-hybridized carbons (Fsp3) is 0.312. The van der Waals surface area contributed by atoms with Gasteiger partial charge in [-0.1, -0.05) is 18.2 Å². The molecule has 0 fully saturated rings. The fourth-order valence-electron chi connectivity index (χ4n) is 1.89. The molecule has 1 heterocycles. The average molecular weight is 256 g/mol. The second-order valence-electron chi connectivity index (χ2n) is 4.56. The molecule has 1 aromatic carbocycles. The third kappa shape index (κ3) is 3.47. The molecule has 0 aliphatic carbocycles. The number of nitrogens with one attached hydrogen (secondary N) is 1. The smallest absolute Gasteiger partial charge is 0.237 e. The molecule has 3 nitrogen and oxygen atoms in total. The van der Waals surface area contributed by atoms with Gasteiger partial charge in [0, 0.05) is 12.7 Å². The molecule has 100 valence electrons. The lowest BCUT2D eigenvalue weighted by Crippen LogP contribution is -2.04. The Morgan fingerprint density at radius 1 is 1.16 bits per heavy atom. The number of anilines is 1. The van der Waals surface area contributed by atoms with E-state index in [0.717, 1.165) is 12.2 Å². The number of ether oxygens (including phenoxy) is 1. The first kappa shape index (κ1) is 13.4. The molecule has 1 aromatic heterocycles. The van der Waals surface area contributed by atoms with Crippen molar-refractivity contribution in [1.29, 1.82) is 0 Å². The highest BCUT2D eigenvalue weighted by Crippen LogP contribution is 2.21. The zero-order valence-corrected chi connectivity index (χ0v) is 11.7. The van der Waals surface area contributed by atoms with E-state index >= 15 is 0 Å². The van der Waals surface area contributed by atoms with Crippen LogP contribution in [0.2, 0.25) is 0 Å². The van der Waals surface area contributed by atoms with Crippen molar-refractivity contribution in [3.63, 3.8) is 0 Å². The lowest BCUT2D eigenvalue weighted by Gasteiger charge is -2.11. The molecular formula is C16H20N2O. The van der Waals surface area contributed by atoms with E-state index in [4.69, 9.17) is 4.74 Å². The van der Waals surface area contributed by atoms with Gasteiger partial charge in [-0.3, -0.25) is 0 Å². The summed E-state index contributed by atoms with van der Waals surface area (Å²) in [5.74, 6) is 0.661. The number of benzene rings is 1. The molecule has 0 amide bonds. The highest BCUT2D eigenvalue weighted by molar-refractivity contribution is 5.52. The first-order valence-corrected chi connectivity index (χ1v) is 6.58. The Morgan fingerprint density at radius 2 is 2.00 bits per heavy atom. The van der Waals surface area contributed by atoms with Gasteiger partial charge in [0.1, 0.15) is 0 Å². The second-order valence-corrected chi connectivity index (χ2v) is 4.56. The standard InChI is InChI=1S/C16H20N2O/c1-4-19-16-15(6-5-9-17-16)18-11-14-8-7-12(2)13(3)10-14/h5-10,18H,4,11H2,1-3H3. The lowest BCUT2D eigenvalue weighted by molar-refractivity contribution is 0.328. The number of aryl methyl sites for hydroxylation is 2. The summed E-state index contributed by atoms with van der Waals surface area (Å²) in [7, 11) is 0. The number of rotatable bonds is 5. The SMILES string of the molecule is CCOc1ncccc1NCc1ccc(C)c(C)c1. The lowest BCUT2D eigenvalue weighted by atomic mass is 10.1. The van der Waals surface area contributed by atoms with Gasteiger partial charge < -0.3 is 10.1 Å². The van der Waals surface area contributed by atoms with Crippen molar-refractivity contribution in [1.82, 2.24) is 4.98 Å². The minimum absolute atomic E-state index is 0.620. The maximum atomic E-state index is 5.49. The molecule has 0 aliphatic heterocycles. The summed E-state index contributed by atoms with van der Waals surface area (Å²) in [5, 5.41) is 3.37. The Balaban J connectivity index is 2.07. The third-order valence-corrected chi connectivity index (χ3v) is 3.11. The molecule has 0 unspecified atom stereocenters. The predicted molar refractivity (Wildman–Crippen MR) is 78.6 cm³/mol.